The fourth-order valence-corrected chi connectivity index (χ4v) is 2.72. The highest BCUT2D eigenvalue weighted by Crippen LogP contribution is 2.25. The highest BCUT2D eigenvalue weighted by molar-refractivity contribution is 6.04. The monoisotopic (exact) mass is 392 g/mol. The average Bonchev–Trinajstić information content (AvgIpc) is 3.39. The third kappa shape index (κ3) is 4.01. The molecule has 1 amide bonds. The summed E-state index contributed by atoms with van der Waals surface area (Å²) in [6, 6.07) is 16.2. The van der Waals surface area contributed by atoms with Crippen LogP contribution >= 0.6 is 0 Å². The zero-order valence-electron chi connectivity index (χ0n) is 15.5. The van der Waals surface area contributed by atoms with Crippen molar-refractivity contribution in [3.05, 3.63) is 78.3 Å². The van der Waals surface area contributed by atoms with Gasteiger partial charge in [0.1, 0.15) is 5.82 Å². The van der Waals surface area contributed by atoms with Crippen LogP contribution in [0.1, 0.15) is 17.3 Å². The predicted octanol–water partition coefficient (Wildman–Crippen LogP) is 4.32. The Morgan fingerprint density at radius 2 is 1.90 bits per heavy atom. The molecule has 2 aromatic carbocycles. The lowest BCUT2D eigenvalue weighted by Crippen LogP contribution is -2.11. The van der Waals surface area contributed by atoms with Gasteiger partial charge in [-0.15, -0.1) is 5.10 Å². The standard InChI is InChI=1S/C21H17FN4O3/c1-2-28-21-24-19(18-4-3-13-29-18)26(25-21)17-11-9-16(10-12-17)23-20(27)14-5-7-15(22)8-6-14/h3-13H,2H2,1H3,(H,23,27). The van der Waals surface area contributed by atoms with E-state index in [0.717, 1.165) is 5.69 Å². The minimum Gasteiger partial charge on any atom is -0.463 e. The van der Waals surface area contributed by atoms with E-state index in [2.05, 4.69) is 15.4 Å². The molecule has 0 bridgehead atoms. The lowest BCUT2D eigenvalue weighted by molar-refractivity contribution is 0.102. The van der Waals surface area contributed by atoms with Gasteiger partial charge in [0.05, 0.1) is 18.6 Å². The van der Waals surface area contributed by atoms with E-state index in [-0.39, 0.29) is 11.9 Å². The first-order chi connectivity index (χ1) is 14.1. The maximum Gasteiger partial charge on any atom is 0.336 e. The van der Waals surface area contributed by atoms with E-state index in [9.17, 15) is 9.18 Å². The Morgan fingerprint density at radius 3 is 2.55 bits per heavy atom. The summed E-state index contributed by atoms with van der Waals surface area (Å²) in [5.41, 5.74) is 1.68. The number of hydrogen-bond acceptors (Lipinski definition) is 5. The molecule has 0 saturated heterocycles. The molecule has 0 aliphatic rings. The van der Waals surface area contributed by atoms with Gasteiger partial charge in [0.25, 0.3) is 5.91 Å². The summed E-state index contributed by atoms with van der Waals surface area (Å²) < 4.78 is 25.5. The number of benzene rings is 2. The largest absolute Gasteiger partial charge is 0.463 e. The van der Waals surface area contributed by atoms with Gasteiger partial charge in [-0.2, -0.15) is 4.98 Å². The second-order valence-corrected chi connectivity index (χ2v) is 6.05. The Hall–Kier alpha value is -3.94. The number of carbonyl (C=O) groups excluding carboxylic acids is 1. The van der Waals surface area contributed by atoms with Crippen LogP contribution in [0.15, 0.2) is 71.3 Å². The van der Waals surface area contributed by atoms with Crippen molar-refractivity contribution in [2.24, 2.45) is 0 Å². The normalized spacial score (nSPS) is 10.7. The quantitative estimate of drug-likeness (QED) is 0.529. The minimum atomic E-state index is -0.391. The highest BCUT2D eigenvalue weighted by Gasteiger charge is 2.16. The molecular formula is C21H17FN4O3. The molecule has 8 heteroatoms. The van der Waals surface area contributed by atoms with Gasteiger partial charge in [-0.1, -0.05) is 0 Å². The van der Waals surface area contributed by atoms with Crippen molar-refractivity contribution in [1.29, 1.82) is 0 Å². The van der Waals surface area contributed by atoms with Crippen molar-refractivity contribution in [2.75, 3.05) is 11.9 Å². The van der Waals surface area contributed by atoms with E-state index >= 15 is 0 Å². The number of nitrogens with one attached hydrogen (secondary N) is 1. The maximum absolute atomic E-state index is 13.0. The molecule has 0 radical (unpaired) electrons. The van der Waals surface area contributed by atoms with Gasteiger partial charge in [-0.05, 0) is 67.6 Å². The molecule has 4 rings (SSSR count). The fraction of sp³-hybridized carbons (Fsp3) is 0.0952. The molecule has 0 fully saturated rings. The second-order valence-electron chi connectivity index (χ2n) is 6.05. The van der Waals surface area contributed by atoms with Crippen LogP contribution in [-0.4, -0.2) is 27.3 Å². The third-order valence-corrected chi connectivity index (χ3v) is 4.08. The Labute approximate surface area is 165 Å². The fourth-order valence-electron chi connectivity index (χ4n) is 2.72. The van der Waals surface area contributed by atoms with Gasteiger partial charge >= 0.3 is 6.01 Å². The van der Waals surface area contributed by atoms with Crippen LogP contribution in [0.25, 0.3) is 17.3 Å². The molecular weight excluding hydrogens is 375 g/mol. The first kappa shape index (κ1) is 18.4. The van der Waals surface area contributed by atoms with Crippen LogP contribution in [0.2, 0.25) is 0 Å². The van der Waals surface area contributed by atoms with Crippen LogP contribution < -0.4 is 10.1 Å². The number of ether oxygens (including phenoxy) is 1. The van der Waals surface area contributed by atoms with Gasteiger partial charge in [0, 0.05) is 11.3 Å². The first-order valence-electron chi connectivity index (χ1n) is 8.95. The zero-order valence-corrected chi connectivity index (χ0v) is 15.5. The van der Waals surface area contributed by atoms with Crippen LogP contribution in [0.3, 0.4) is 0 Å². The van der Waals surface area contributed by atoms with E-state index in [4.69, 9.17) is 9.15 Å². The smallest absolute Gasteiger partial charge is 0.336 e. The Kier molecular flexibility index (Phi) is 5.07. The maximum atomic E-state index is 13.0. The van der Waals surface area contributed by atoms with Crippen LogP contribution in [0, 0.1) is 5.82 Å². The molecule has 0 spiro atoms. The van der Waals surface area contributed by atoms with Gasteiger partial charge in [0.2, 0.25) is 5.82 Å². The molecule has 0 aliphatic carbocycles. The van der Waals surface area contributed by atoms with Crippen molar-refractivity contribution in [2.45, 2.75) is 6.92 Å². The molecule has 0 aliphatic heterocycles. The summed E-state index contributed by atoms with van der Waals surface area (Å²) in [5, 5.41) is 7.15. The number of rotatable bonds is 6. The minimum absolute atomic E-state index is 0.243. The number of nitrogens with zero attached hydrogens (tertiary/aromatic N) is 3. The van der Waals surface area contributed by atoms with E-state index in [1.807, 2.05) is 6.92 Å². The van der Waals surface area contributed by atoms with Gasteiger partial charge < -0.3 is 14.5 Å². The summed E-state index contributed by atoms with van der Waals surface area (Å²) >= 11 is 0. The molecule has 7 nitrogen and oxygen atoms in total. The van der Waals surface area contributed by atoms with Gasteiger partial charge in [-0.3, -0.25) is 4.79 Å². The van der Waals surface area contributed by atoms with E-state index in [1.165, 1.54) is 24.3 Å². The Balaban J connectivity index is 1.58. The average molecular weight is 392 g/mol. The topological polar surface area (TPSA) is 82.2 Å². The SMILES string of the molecule is CCOc1nc(-c2ccco2)n(-c2ccc(NC(=O)c3ccc(F)cc3)cc2)n1. The Morgan fingerprint density at radius 1 is 1.14 bits per heavy atom. The lowest BCUT2D eigenvalue weighted by Gasteiger charge is -2.08. The number of furan rings is 1. The van der Waals surface area contributed by atoms with Crippen LogP contribution in [0.4, 0.5) is 10.1 Å². The van der Waals surface area contributed by atoms with Crippen molar-refractivity contribution < 1.29 is 18.3 Å². The van der Waals surface area contributed by atoms with Crippen molar-refractivity contribution >= 4 is 11.6 Å². The van der Waals surface area contributed by atoms with Gasteiger partial charge in [0.15, 0.2) is 5.76 Å². The van der Waals surface area contributed by atoms with Crippen molar-refractivity contribution in [3.8, 4) is 23.3 Å². The van der Waals surface area contributed by atoms with Crippen molar-refractivity contribution in [3.63, 3.8) is 0 Å². The summed E-state index contributed by atoms with van der Waals surface area (Å²) in [5.74, 6) is 0.338. The number of halogens is 1. The van der Waals surface area contributed by atoms with Crippen LogP contribution in [0.5, 0.6) is 6.01 Å². The van der Waals surface area contributed by atoms with Gasteiger partial charge in [-0.25, -0.2) is 9.07 Å². The number of anilines is 1. The summed E-state index contributed by atoms with van der Waals surface area (Å²) in [4.78, 5) is 16.6. The zero-order chi connectivity index (χ0) is 20.2. The highest BCUT2D eigenvalue weighted by atomic mass is 19.1. The second kappa shape index (κ2) is 7.97. The first-order valence-corrected chi connectivity index (χ1v) is 8.95. The molecule has 2 heterocycles. The molecule has 0 saturated carbocycles. The van der Waals surface area contributed by atoms with E-state index < -0.39 is 5.82 Å². The van der Waals surface area contributed by atoms with Crippen molar-refractivity contribution in [1.82, 2.24) is 14.8 Å². The summed E-state index contributed by atoms with van der Waals surface area (Å²) in [6.45, 7) is 2.29. The van der Waals surface area contributed by atoms with Crippen LogP contribution in [-0.2, 0) is 0 Å². The third-order valence-electron chi connectivity index (χ3n) is 4.08. The molecule has 1 N–H and O–H groups in total. The Bertz CT molecular complexity index is 1100. The predicted molar refractivity (Wildman–Crippen MR) is 105 cm³/mol. The van der Waals surface area contributed by atoms with E-state index in [1.54, 1.807) is 47.3 Å². The number of amides is 1. The summed E-state index contributed by atoms with van der Waals surface area (Å²) in [6.07, 6.45) is 1.56. The summed E-state index contributed by atoms with van der Waals surface area (Å²) in [7, 11) is 0. The molecule has 2 aromatic heterocycles. The van der Waals surface area contributed by atoms with E-state index in [0.29, 0.717) is 29.4 Å². The molecule has 29 heavy (non-hydrogen) atoms. The molecule has 0 atom stereocenters. The number of aromatic nitrogens is 3. The molecule has 4 aromatic rings. The number of carbonyl (C=O) groups is 1. The molecule has 146 valence electrons. The molecule has 0 unspecified atom stereocenters. The number of hydrogen-bond donors (Lipinski definition) is 1. The lowest BCUT2D eigenvalue weighted by atomic mass is 10.2.